The Balaban J connectivity index is 2.21. The largest absolute Gasteiger partial charge is 0.508 e. The number of esters is 2. The van der Waals surface area contributed by atoms with Gasteiger partial charge in [0.2, 0.25) is 24.5 Å². The Morgan fingerprint density at radius 1 is 0.920 bits per heavy atom. The minimum Gasteiger partial charge on any atom is -0.508 e. The molecule has 0 fully saturated rings. The van der Waals surface area contributed by atoms with Crippen molar-refractivity contribution >= 4 is 46.3 Å². The van der Waals surface area contributed by atoms with E-state index in [1.807, 2.05) is 6.07 Å². The number of aromatic hydroxyl groups is 1. The van der Waals surface area contributed by atoms with Crippen LogP contribution in [0.3, 0.4) is 0 Å². The molecule has 0 saturated carbocycles. The normalized spacial score (nSPS) is 14.0. The van der Waals surface area contributed by atoms with E-state index in [-0.39, 0.29) is 49.6 Å². The van der Waals surface area contributed by atoms with E-state index < -0.39 is 70.8 Å². The Hall–Kier alpha value is -4.79. The number of amides is 3. The van der Waals surface area contributed by atoms with E-state index in [1.54, 1.807) is 57.2 Å². The van der Waals surface area contributed by atoms with Crippen molar-refractivity contribution in [1.82, 2.24) is 15.5 Å². The molecule has 4 atom stereocenters. The Labute approximate surface area is 295 Å². The second-order valence-electron chi connectivity index (χ2n) is 12.9. The molecule has 274 valence electrons. The van der Waals surface area contributed by atoms with Crippen molar-refractivity contribution in [3.8, 4) is 5.75 Å². The lowest BCUT2D eigenvalue weighted by Gasteiger charge is -2.27. The van der Waals surface area contributed by atoms with Crippen LogP contribution in [0.5, 0.6) is 5.75 Å². The highest BCUT2D eigenvalue weighted by Gasteiger charge is 2.31. The molecule has 0 aliphatic carbocycles. The SMILES string of the molecule is CC(N)=N[C@@H](Cc1ccc(O)cc1)C(=O)N[C@H](CCS(C)=O)C(=O)N[C@@H](Cc1ccccc1)C(=O)N(C)CCC(=O)OCOC(=O)C(C)(C)C. The summed E-state index contributed by atoms with van der Waals surface area (Å²) in [5, 5.41) is 15.1. The van der Waals surface area contributed by atoms with Crippen molar-refractivity contribution in [2.45, 2.75) is 71.5 Å². The zero-order valence-electron chi connectivity index (χ0n) is 29.5. The second-order valence-corrected chi connectivity index (χ2v) is 14.4. The highest BCUT2D eigenvalue weighted by molar-refractivity contribution is 7.84. The summed E-state index contributed by atoms with van der Waals surface area (Å²) in [5.41, 5.74) is 6.49. The van der Waals surface area contributed by atoms with Gasteiger partial charge < -0.3 is 35.8 Å². The molecule has 0 bridgehead atoms. The van der Waals surface area contributed by atoms with Gasteiger partial charge in [-0.15, -0.1) is 0 Å². The molecule has 2 rings (SSSR count). The Kier molecular flexibility index (Phi) is 16.6. The fourth-order valence-electron chi connectivity index (χ4n) is 4.51. The third-order valence-electron chi connectivity index (χ3n) is 7.30. The molecule has 2 aromatic rings. The summed E-state index contributed by atoms with van der Waals surface area (Å²) in [4.78, 5) is 70.7. The fourth-order valence-corrected chi connectivity index (χ4v) is 5.08. The van der Waals surface area contributed by atoms with Crippen molar-refractivity contribution in [1.29, 1.82) is 0 Å². The summed E-state index contributed by atoms with van der Waals surface area (Å²) in [5.74, 6) is -2.73. The smallest absolute Gasteiger partial charge is 0.314 e. The lowest BCUT2D eigenvalue weighted by molar-refractivity contribution is -0.173. The molecule has 0 saturated heterocycles. The Bertz CT molecular complexity index is 1510. The van der Waals surface area contributed by atoms with Gasteiger partial charge in [0, 0.05) is 49.2 Å². The number of nitrogens with zero attached hydrogens (tertiary/aromatic N) is 2. The number of benzene rings is 2. The minimum absolute atomic E-state index is 0.00561. The summed E-state index contributed by atoms with van der Waals surface area (Å²) >= 11 is 0. The first-order valence-corrected chi connectivity index (χ1v) is 17.8. The van der Waals surface area contributed by atoms with Crippen LogP contribution in [0.15, 0.2) is 59.6 Å². The van der Waals surface area contributed by atoms with Gasteiger partial charge in [-0.25, -0.2) is 0 Å². The van der Waals surface area contributed by atoms with E-state index in [2.05, 4.69) is 15.6 Å². The van der Waals surface area contributed by atoms with Gasteiger partial charge >= 0.3 is 11.9 Å². The van der Waals surface area contributed by atoms with Crippen molar-refractivity contribution in [3.05, 3.63) is 65.7 Å². The van der Waals surface area contributed by atoms with Gasteiger partial charge in [-0.05, 0) is 57.4 Å². The maximum Gasteiger partial charge on any atom is 0.314 e. The first-order chi connectivity index (χ1) is 23.5. The number of rotatable bonds is 18. The number of aliphatic imine (C=N–C) groups is 1. The van der Waals surface area contributed by atoms with Gasteiger partial charge in [-0.3, -0.25) is 33.2 Å². The standard InChI is InChI=1S/C35H49N5O9S/c1-23(36)37-28(20-25-12-14-26(41)15-13-25)32(44)38-27(17-19-50(6)47)31(43)39-29(21-24-10-8-7-9-11-24)33(45)40(5)18-16-30(42)48-22-49-34(46)35(2,3)4/h7-15,27-29,41H,16-22H2,1-6H3,(H2,36,37)(H,38,44)(H,39,43)/t27-,28+,29+,50?/m1/s1. The predicted molar refractivity (Wildman–Crippen MR) is 189 cm³/mol. The van der Waals surface area contributed by atoms with Crippen molar-refractivity contribution in [2.75, 3.05) is 32.4 Å². The molecule has 0 spiro atoms. The summed E-state index contributed by atoms with van der Waals surface area (Å²) in [6.45, 7) is 5.90. The van der Waals surface area contributed by atoms with E-state index in [1.165, 1.54) is 37.3 Å². The summed E-state index contributed by atoms with van der Waals surface area (Å²) in [7, 11) is 0.174. The molecule has 0 aliphatic rings. The third kappa shape index (κ3) is 15.2. The Morgan fingerprint density at radius 2 is 1.52 bits per heavy atom. The molecule has 15 heteroatoms. The molecule has 0 aliphatic heterocycles. The number of carbonyl (C=O) groups excluding carboxylic acids is 5. The number of nitrogens with two attached hydrogens (primary N) is 1. The number of likely N-dealkylation sites (N-methyl/N-ethyl adjacent to an activating group) is 1. The number of hydrogen-bond acceptors (Lipinski definition) is 10. The van der Waals surface area contributed by atoms with E-state index in [0.29, 0.717) is 5.56 Å². The van der Waals surface area contributed by atoms with Crippen LogP contribution in [0.25, 0.3) is 0 Å². The molecular formula is C35H49N5O9S. The first-order valence-electron chi connectivity index (χ1n) is 16.1. The number of nitrogens with one attached hydrogen (secondary N) is 2. The zero-order valence-corrected chi connectivity index (χ0v) is 30.3. The molecule has 5 N–H and O–H groups in total. The maximum absolute atomic E-state index is 13.8. The first kappa shape index (κ1) is 41.4. The molecule has 0 radical (unpaired) electrons. The van der Waals surface area contributed by atoms with Gasteiger partial charge in [-0.2, -0.15) is 0 Å². The van der Waals surface area contributed by atoms with Crippen molar-refractivity contribution < 1.29 is 42.8 Å². The van der Waals surface area contributed by atoms with E-state index in [9.17, 15) is 33.3 Å². The minimum atomic E-state index is -1.30. The number of hydrogen-bond donors (Lipinski definition) is 4. The van der Waals surface area contributed by atoms with E-state index in [4.69, 9.17) is 15.2 Å². The topological polar surface area (TPSA) is 207 Å². The maximum atomic E-state index is 13.8. The highest BCUT2D eigenvalue weighted by Crippen LogP contribution is 2.16. The molecule has 1 unspecified atom stereocenters. The predicted octanol–water partition coefficient (Wildman–Crippen LogP) is 1.60. The fraction of sp³-hybridized carbons (Fsp3) is 0.486. The highest BCUT2D eigenvalue weighted by atomic mass is 32.2. The lowest BCUT2D eigenvalue weighted by Crippen LogP contribution is -2.56. The molecule has 0 aromatic heterocycles. The van der Waals surface area contributed by atoms with Gasteiger partial charge in [0.15, 0.2) is 0 Å². The van der Waals surface area contributed by atoms with Crippen LogP contribution < -0.4 is 16.4 Å². The number of phenolic OH excluding ortho intramolecular Hbond substituents is 1. The molecule has 3 amide bonds. The van der Waals surface area contributed by atoms with Gasteiger partial charge in [0.25, 0.3) is 0 Å². The molecule has 0 heterocycles. The van der Waals surface area contributed by atoms with Crippen LogP contribution in [0.4, 0.5) is 0 Å². The van der Waals surface area contributed by atoms with Crippen LogP contribution in [-0.4, -0.2) is 100 Å². The van der Waals surface area contributed by atoms with Crippen LogP contribution in [0.2, 0.25) is 0 Å². The second kappa shape index (κ2) is 20.0. The van der Waals surface area contributed by atoms with Crippen LogP contribution >= 0.6 is 0 Å². The Morgan fingerprint density at radius 3 is 2.10 bits per heavy atom. The molecular weight excluding hydrogens is 666 g/mol. The number of amidine groups is 1. The number of carbonyl (C=O) groups is 5. The lowest BCUT2D eigenvalue weighted by atomic mass is 9.98. The average Bonchev–Trinajstić information content (AvgIpc) is 3.05. The van der Waals surface area contributed by atoms with Gasteiger partial charge in [0.05, 0.1) is 17.7 Å². The molecule has 14 nitrogen and oxygen atoms in total. The average molecular weight is 716 g/mol. The van der Waals surface area contributed by atoms with Crippen LogP contribution in [-0.2, 0) is 57.1 Å². The van der Waals surface area contributed by atoms with Gasteiger partial charge in [-0.1, -0.05) is 42.5 Å². The third-order valence-corrected chi connectivity index (χ3v) is 8.11. The number of phenols is 1. The van der Waals surface area contributed by atoms with Crippen LogP contribution in [0.1, 0.15) is 51.7 Å². The molecule has 2 aromatic carbocycles. The summed E-state index contributed by atoms with van der Waals surface area (Å²) in [6.07, 6.45) is 1.50. The number of ether oxygens (including phenoxy) is 2. The quantitative estimate of drug-likeness (QED) is 0.0759. The van der Waals surface area contributed by atoms with E-state index in [0.717, 1.165) is 5.56 Å². The van der Waals surface area contributed by atoms with Crippen molar-refractivity contribution in [2.24, 2.45) is 16.1 Å². The zero-order chi connectivity index (χ0) is 37.4. The summed E-state index contributed by atoms with van der Waals surface area (Å²) < 4.78 is 21.9. The summed E-state index contributed by atoms with van der Waals surface area (Å²) in [6, 6.07) is 11.9. The van der Waals surface area contributed by atoms with Gasteiger partial charge in [0.1, 0.15) is 23.9 Å². The van der Waals surface area contributed by atoms with Crippen molar-refractivity contribution in [3.63, 3.8) is 0 Å². The van der Waals surface area contributed by atoms with Crippen LogP contribution in [0, 0.1) is 5.41 Å². The van der Waals surface area contributed by atoms with E-state index >= 15 is 0 Å². The molecule has 50 heavy (non-hydrogen) atoms. The monoisotopic (exact) mass is 715 g/mol.